The van der Waals surface area contributed by atoms with Crippen LogP contribution in [0, 0.1) is 5.82 Å². The van der Waals surface area contributed by atoms with Gasteiger partial charge in [0.1, 0.15) is 39.2 Å². The first-order valence-electron chi connectivity index (χ1n) is 32.8. The molecule has 0 fully saturated rings. The molecule has 4 unspecified atom stereocenters. The molecular weight excluding hydrogens is 1510 g/mol. The molecule has 31 heteroatoms. The molecule has 4 aliphatic heterocycles. The second-order valence-electron chi connectivity index (χ2n) is 25.2. The highest BCUT2D eigenvalue weighted by Crippen LogP contribution is 2.38. The van der Waals surface area contributed by atoms with Gasteiger partial charge in [-0.25, -0.2) is 33.5 Å². The van der Waals surface area contributed by atoms with E-state index in [1.165, 1.54) is 62.7 Å². The number of hydrogen-bond acceptors (Lipinski definition) is 13. The van der Waals surface area contributed by atoms with E-state index in [1.807, 2.05) is 118 Å². The van der Waals surface area contributed by atoms with Crippen LogP contribution in [0.25, 0.3) is 43.9 Å². The molecule has 8 amide bonds. The van der Waals surface area contributed by atoms with Crippen molar-refractivity contribution in [1.29, 1.82) is 0 Å². The Labute approximate surface area is 632 Å². The number of carbonyl (C=O) groups is 4. The number of H-pyrrole nitrogens is 3. The predicted molar refractivity (Wildman–Crippen MR) is 411 cm³/mol. The molecule has 8 aromatic heterocycles. The number of benzene rings is 4. The molecule has 0 spiro atoms. The van der Waals surface area contributed by atoms with Gasteiger partial charge in [0.25, 0.3) is 5.69 Å². The van der Waals surface area contributed by atoms with Gasteiger partial charge in [-0.3, -0.25) is 14.9 Å². The van der Waals surface area contributed by atoms with E-state index >= 15 is 0 Å². The number of thiazole rings is 2. The van der Waals surface area contributed by atoms with Crippen molar-refractivity contribution >= 4 is 143 Å². The molecule has 530 valence electrons. The predicted octanol–water partition coefficient (Wildman–Crippen LogP) is 17.6. The third kappa shape index (κ3) is 16.4. The Balaban J connectivity index is 0.000000122. The minimum absolute atomic E-state index is 0.0119. The highest BCUT2D eigenvalue weighted by atomic mass is 79.9. The largest absolute Gasteiger partial charge is 0.322 e. The second-order valence-corrected chi connectivity index (χ2v) is 30.8. The number of anilines is 4. The topological polar surface area (TPSA) is 250 Å². The molecule has 12 heterocycles. The average Bonchev–Trinajstić information content (AvgIpc) is 1.64. The number of hydrogen-bond donors (Lipinski definition) is 7. The van der Waals surface area contributed by atoms with Crippen LogP contribution in [-0.2, 0) is 66.0 Å². The molecule has 4 aromatic carbocycles. The van der Waals surface area contributed by atoms with Gasteiger partial charge in [-0.15, -0.1) is 50.0 Å². The van der Waals surface area contributed by atoms with Gasteiger partial charge < -0.3 is 40.9 Å². The minimum atomic E-state index is -0.521. The van der Waals surface area contributed by atoms with E-state index in [1.54, 1.807) is 62.9 Å². The molecule has 22 nitrogen and oxygen atoms in total. The zero-order valence-electron chi connectivity index (χ0n) is 56.5. The Morgan fingerprint density at radius 3 is 1.47 bits per heavy atom. The van der Waals surface area contributed by atoms with Crippen molar-refractivity contribution in [3.8, 4) is 43.9 Å². The normalized spacial score (nSPS) is 16.5. The lowest BCUT2D eigenvalue weighted by Gasteiger charge is -2.34. The maximum Gasteiger partial charge on any atom is 0.322 e. The van der Waals surface area contributed by atoms with Crippen LogP contribution in [-0.4, -0.2) is 113 Å². The Hall–Kier alpha value is -9.26. The first-order valence-corrected chi connectivity index (χ1v) is 38.4. The summed E-state index contributed by atoms with van der Waals surface area (Å²) < 4.78 is 18.2. The molecule has 7 N–H and O–H groups in total. The quantitative estimate of drug-likeness (QED) is 0.0714. The fourth-order valence-corrected chi connectivity index (χ4v) is 16.6. The maximum atomic E-state index is 13.3. The zero-order chi connectivity index (χ0) is 72.2. The van der Waals surface area contributed by atoms with Crippen LogP contribution in [0.3, 0.4) is 0 Å². The van der Waals surface area contributed by atoms with E-state index in [0.717, 1.165) is 96.5 Å². The standard InChI is InChI=1S/2C19H19ClN4OS.C17H16BrN5OS.C17H15ClFN5OS/c1-12-9-16-15(18(22-23(16)2)17-7-4-8-26-17)11-24(12)19(25)21-14-6-3-5-13(20)10-14;1-12-9-16-15(18(23(2)22-16)17-7-4-8-26-17)11-24(12)19(25)21-14-6-3-5-13(20)10-14;1-10-5-14-13(16(22-21-14)15-8-25-9-19-15)7-23(10)17(24)20-12-4-2-3-11(18)6-12;1-9-4-14-11(16(23-22-14)15-7-26-8-20-15)6-24(9)17(25)21-10-2-3-13(19)12(18)5-10/h2*3-8,10,12H,9,11H2,1-2H3,(H,21,25);2-4,6,8-10H,5,7H2,1H3,(H,20,24)(H,21,22);2-3,5,7-9H,4,6H2,1H3,(H,21,25)(H,22,23)/p+1. The highest BCUT2D eigenvalue weighted by molar-refractivity contribution is 9.10. The highest BCUT2D eigenvalue weighted by Gasteiger charge is 2.38. The third-order valence-corrected chi connectivity index (χ3v) is 22.4. The summed E-state index contributed by atoms with van der Waals surface area (Å²) >= 11 is 27.7. The Morgan fingerprint density at radius 1 is 0.544 bits per heavy atom. The van der Waals surface area contributed by atoms with Gasteiger partial charge in [0.2, 0.25) is 0 Å². The molecular formula is C72H70BrCl3FN18O4S4+. The van der Waals surface area contributed by atoms with Gasteiger partial charge in [0, 0.05) is 139 Å². The summed E-state index contributed by atoms with van der Waals surface area (Å²) in [5, 5.41) is 44.0. The van der Waals surface area contributed by atoms with Crippen LogP contribution in [0.2, 0.25) is 15.1 Å². The van der Waals surface area contributed by atoms with Gasteiger partial charge in [0.15, 0.2) is 7.05 Å². The van der Waals surface area contributed by atoms with Crippen molar-refractivity contribution in [2.75, 3.05) is 21.3 Å². The van der Waals surface area contributed by atoms with Crippen LogP contribution in [0.15, 0.2) is 152 Å². The van der Waals surface area contributed by atoms with E-state index in [2.05, 4.69) is 115 Å². The third-order valence-electron chi connectivity index (χ3n) is 18.2. The number of urea groups is 4. The molecule has 12 aromatic rings. The summed E-state index contributed by atoms with van der Waals surface area (Å²) in [5.41, 5.74) is 20.4. The number of thiophene rings is 2. The number of aromatic nitrogens is 10. The zero-order valence-corrected chi connectivity index (χ0v) is 63.6. The maximum absolute atomic E-state index is 13.3. The van der Waals surface area contributed by atoms with Crippen molar-refractivity contribution in [3.05, 3.63) is 218 Å². The molecule has 4 aliphatic rings. The number of aromatic amines is 3. The first-order chi connectivity index (χ1) is 49.7. The SMILES string of the molecule is CC1Cc2[nH][n+](C)c(-c3cccs3)c2CN1C(=O)Nc1cccc(Cl)c1.CC1Cc2[nH]nc(-c3cscn3)c2CN1C(=O)Nc1ccc(F)c(Cl)c1.CC1Cc2[nH]nc(-c3cscn3)c2CN1C(=O)Nc1cccc(Br)c1.CC1Cc2c(c(-c3cccs3)nn2C)CN1C(=O)Nc1cccc(Cl)c1. The van der Waals surface area contributed by atoms with Crippen LogP contribution in [0.5, 0.6) is 0 Å². The number of carbonyl (C=O) groups excluding carboxylic acids is 4. The molecule has 0 radical (unpaired) electrons. The van der Waals surface area contributed by atoms with Crippen LogP contribution in [0.4, 0.5) is 46.3 Å². The first kappa shape index (κ1) is 72.1. The number of halogens is 5. The van der Waals surface area contributed by atoms with Crippen LogP contribution in [0.1, 0.15) is 72.7 Å². The van der Waals surface area contributed by atoms with E-state index in [4.69, 9.17) is 39.9 Å². The lowest BCUT2D eigenvalue weighted by Crippen LogP contribution is -2.45. The fraction of sp³-hybridized carbons (Fsp3) is 0.250. The van der Waals surface area contributed by atoms with Crippen molar-refractivity contribution < 1.29 is 28.3 Å². The number of nitrogens with one attached hydrogen (secondary N) is 7. The van der Waals surface area contributed by atoms with Crippen molar-refractivity contribution in [3.63, 3.8) is 0 Å². The number of amides is 8. The summed E-state index contributed by atoms with van der Waals surface area (Å²) in [5.74, 6) is -0.521. The summed E-state index contributed by atoms with van der Waals surface area (Å²) in [6.07, 6.45) is 3.01. The average molecular weight is 1590 g/mol. The summed E-state index contributed by atoms with van der Waals surface area (Å²) in [4.78, 5) is 69.5. The van der Waals surface area contributed by atoms with Gasteiger partial charge in [-0.1, -0.05) is 81.1 Å². The van der Waals surface area contributed by atoms with E-state index < -0.39 is 5.82 Å². The number of fused-ring (bicyclic) bond motifs is 4. The summed E-state index contributed by atoms with van der Waals surface area (Å²) in [6.45, 7) is 10.2. The Morgan fingerprint density at radius 2 is 1.00 bits per heavy atom. The van der Waals surface area contributed by atoms with Gasteiger partial charge in [-0.2, -0.15) is 20.4 Å². The van der Waals surface area contributed by atoms with E-state index in [-0.39, 0.29) is 53.3 Å². The number of aryl methyl sites for hydroxylation is 2. The van der Waals surface area contributed by atoms with Crippen molar-refractivity contribution in [1.82, 2.24) is 64.8 Å². The minimum Gasteiger partial charge on any atom is -0.317 e. The summed E-state index contributed by atoms with van der Waals surface area (Å²) in [6, 6.07) is 34.1. The lowest BCUT2D eigenvalue weighted by atomic mass is 9.99. The summed E-state index contributed by atoms with van der Waals surface area (Å²) in [7, 11) is 4.00. The molecule has 0 saturated heterocycles. The Kier molecular flexibility index (Phi) is 22.2. The van der Waals surface area contributed by atoms with Crippen molar-refractivity contribution in [2.45, 2.75) is 104 Å². The van der Waals surface area contributed by atoms with E-state index in [0.29, 0.717) is 59.7 Å². The molecule has 0 aliphatic carbocycles. The number of rotatable bonds is 8. The lowest BCUT2D eigenvalue weighted by molar-refractivity contribution is -0.717. The molecule has 4 atom stereocenters. The van der Waals surface area contributed by atoms with Gasteiger partial charge in [-0.05, 0) is 123 Å². The fourth-order valence-electron chi connectivity index (χ4n) is 13.0. The second kappa shape index (κ2) is 31.8. The monoisotopic (exact) mass is 1580 g/mol. The van der Waals surface area contributed by atoms with E-state index in [9.17, 15) is 23.6 Å². The number of nitrogens with zero attached hydrogens (tertiary/aromatic N) is 11. The molecule has 16 rings (SSSR count). The molecule has 0 bridgehead atoms. The van der Waals surface area contributed by atoms with Crippen LogP contribution < -0.4 is 25.9 Å². The molecule has 103 heavy (non-hydrogen) atoms. The van der Waals surface area contributed by atoms with Gasteiger partial charge >= 0.3 is 24.1 Å². The molecule has 0 saturated carbocycles. The van der Waals surface area contributed by atoms with Gasteiger partial charge in [0.05, 0.1) is 58.4 Å². The van der Waals surface area contributed by atoms with Crippen LogP contribution >= 0.6 is 96.1 Å². The smallest absolute Gasteiger partial charge is 0.317 e. The van der Waals surface area contributed by atoms with Crippen molar-refractivity contribution in [2.24, 2.45) is 14.1 Å². The Bertz CT molecular complexity index is 4950.